The fourth-order valence-electron chi connectivity index (χ4n) is 1.77. The molecule has 5 nitrogen and oxygen atoms in total. The average Bonchev–Trinajstić information content (AvgIpc) is 2.54. The van der Waals surface area contributed by atoms with E-state index in [0.29, 0.717) is 16.3 Å². The van der Waals surface area contributed by atoms with Crippen LogP contribution in [-0.2, 0) is 4.79 Å². The fourth-order valence-corrected chi connectivity index (χ4v) is 2.00. The van der Waals surface area contributed by atoms with Crippen molar-refractivity contribution in [3.05, 3.63) is 64.2 Å². The van der Waals surface area contributed by atoms with Crippen LogP contribution in [0.15, 0.2) is 47.6 Å². The van der Waals surface area contributed by atoms with Gasteiger partial charge in [-0.1, -0.05) is 23.7 Å². The Morgan fingerprint density at radius 3 is 2.74 bits per heavy atom. The third-order valence-electron chi connectivity index (χ3n) is 2.94. The first kappa shape index (κ1) is 16.5. The molecule has 1 N–H and O–H groups in total. The second kappa shape index (κ2) is 7.97. The maximum absolute atomic E-state index is 11.7. The summed E-state index contributed by atoms with van der Waals surface area (Å²) in [5.74, 6) is 0.227. The van der Waals surface area contributed by atoms with Gasteiger partial charge in [-0.3, -0.25) is 4.79 Å². The lowest BCUT2D eigenvalue weighted by Gasteiger charge is -2.08. The summed E-state index contributed by atoms with van der Waals surface area (Å²) in [6.45, 7) is 1.70. The van der Waals surface area contributed by atoms with E-state index >= 15 is 0 Å². The number of halogens is 1. The van der Waals surface area contributed by atoms with E-state index in [-0.39, 0.29) is 12.5 Å². The van der Waals surface area contributed by atoms with Crippen molar-refractivity contribution >= 4 is 23.7 Å². The maximum Gasteiger partial charge on any atom is 0.277 e. The standard InChI is InChI=1S/C17H14ClN3O2/c1-12-8-15(18)6-7-16(12)23-11-17(22)21-20-10-14-4-2-13(9-19)3-5-14/h2-8,10H,11H2,1H3,(H,21,22)/b20-10+. The van der Waals surface area contributed by atoms with E-state index in [4.69, 9.17) is 21.6 Å². The van der Waals surface area contributed by atoms with Gasteiger partial charge in [-0.2, -0.15) is 10.4 Å². The fraction of sp³-hybridized carbons (Fsp3) is 0.118. The summed E-state index contributed by atoms with van der Waals surface area (Å²) in [7, 11) is 0. The number of ether oxygens (including phenoxy) is 1. The van der Waals surface area contributed by atoms with Gasteiger partial charge in [-0.15, -0.1) is 0 Å². The molecule has 0 saturated heterocycles. The number of benzene rings is 2. The van der Waals surface area contributed by atoms with Crippen LogP contribution < -0.4 is 10.2 Å². The van der Waals surface area contributed by atoms with E-state index in [1.54, 1.807) is 42.5 Å². The normalized spacial score (nSPS) is 10.3. The second-order valence-electron chi connectivity index (χ2n) is 4.73. The molecule has 0 heterocycles. The van der Waals surface area contributed by atoms with E-state index in [9.17, 15) is 4.79 Å². The average molecular weight is 328 g/mol. The molecular formula is C17H14ClN3O2. The number of hydrazone groups is 1. The van der Waals surface area contributed by atoms with E-state index in [2.05, 4.69) is 10.5 Å². The molecule has 23 heavy (non-hydrogen) atoms. The van der Waals surface area contributed by atoms with E-state index in [0.717, 1.165) is 11.1 Å². The monoisotopic (exact) mass is 327 g/mol. The van der Waals surface area contributed by atoms with Crippen LogP contribution in [0.25, 0.3) is 0 Å². The molecule has 6 heteroatoms. The number of hydrogen-bond acceptors (Lipinski definition) is 4. The SMILES string of the molecule is Cc1cc(Cl)ccc1OCC(=O)N/N=C/c1ccc(C#N)cc1. The lowest BCUT2D eigenvalue weighted by molar-refractivity contribution is -0.123. The van der Waals surface area contributed by atoms with Crippen LogP contribution >= 0.6 is 11.6 Å². The Kier molecular flexibility index (Phi) is 5.73. The largest absolute Gasteiger partial charge is 0.483 e. The number of nitrogens with one attached hydrogen (secondary N) is 1. The molecule has 0 atom stereocenters. The number of hydrogen-bond donors (Lipinski definition) is 1. The molecule has 2 rings (SSSR count). The van der Waals surface area contributed by atoms with Crippen LogP contribution in [0.1, 0.15) is 16.7 Å². The molecule has 2 aromatic carbocycles. The summed E-state index contributed by atoms with van der Waals surface area (Å²) >= 11 is 5.85. The topological polar surface area (TPSA) is 74.5 Å². The Morgan fingerprint density at radius 1 is 1.35 bits per heavy atom. The smallest absolute Gasteiger partial charge is 0.277 e. The van der Waals surface area contributed by atoms with E-state index in [1.807, 2.05) is 13.0 Å². The highest BCUT2D eigenvalue weighted by Crippen LogP contribution is 2.21. The van der Waals surface area contributed by atoms with Gasteiger partial charge in [0.25, 0.3) is 5.91 Å². The van der Waals surface area contributed by atoms with E-state index < -0.39 is 0 Å². The Bertz CT molecular complexity index is 764. The summed E-state index contributed by atoms with van der Waals surface area (Å²) in [4.78, 5) is 11.7. The van der Waals surface area contributed by atoms with Crippen LogP contribution in [0.2, 0.25) is 5.02 Å². The number of nitrogens with zero attached hydrogens (tertiary/aromatic N) is 2. The summed E-state index contributed by atoms with van der Waals surface area (Å²) in [5.41, 5.74) is 4.57. The molecule has 2 aromatic rings. The van der Waals surface area contributed by atoms with Gasteiger partial charge in [-0.05, 0) is 48.4 Å². The zero-order valence-electron chi connectivity index (χ0n) is 12.4. The van der Waals surface area contributed by atoms with Crippen molar-refractivity contribution in [3.63, 3.8) is 0 Å². The highest BCUT2D eigenvalue weighted by molar-refractivity contribution is 6.30. The molecule has 0 spiro atoms. The van der Waals surface area contributed by atoms with E-state index in [1.165, 1.54) is 6.21 Å². The number of carbonyl (C=O) groups excluding carboxylic acids is 1. The van der Waals surface area contributed by atoms with Crippen LogP contribution in [-0.4, -0.2) is 18.7 Å². The molecule has 0 aromatic heterocycles. The molecule has 0 aliphatic carbocycles. The number of rotatable bonds is 5. The van der Waals surface area contributed by atoms with Crippen molar-refractivity contribution < 1.29 is 9.53 Å². The van der Waals surface area contributed by atoms with Crippen molar-refractivity contribution in [2.24, 2.45) is 5.10 Å². The van der Waals surface area contributed by atoms with Gasteiger partial charge in [0, 0.05) is 5.02 Å². The minimum Gasteiger partial charge on any atom is -0.483 e. The summed E-state index contributed by atoms with van der Waals surface area (Å²) < 4.78 is 5.41. The van der Waals surface area contributed by atoms with Crippen molar-refractivity contribution in [2.45, 2.75) is 6.92 Å². The molecule has 0 saturated carbocycles. The van der Waals surface area contributed by atoms with Crippen molar-refractivity contribution in [1.29, 1.82) is 5.26 Å². The molecule has 0 bridgehead atoms. The predicted octanol–water partition coefficient (Wildman–Crippen LogP) is 3.05. The summed E-state index contributed by atoms with van der Waals surface area (Å²) in [5, 5.41) is 13.2. The van der Waals surface area contributed by atoms with Gasteiger partial charge in [0.15, 0.2) is 6.61 Å². The first-order valence-electron chi connectivity index (χ1n) is 6.79. The predicted molar refractivity (Wildman–Crippen MR) is 88.6 cm³/mol. The molecule has 0 radical (unpaired) electrons. The van der Waals surface area contributed by atoms with Gasteiger partial charge < -0.3 is 4.74 Å². The number of aryl methyl sites for hydroxylation is 1. The first-order valence-corrected chi connectivity index (χ1v) is 7.17. The molecular weight excluding hydrogens is 314 g/mol. The van der Waals surface area contributed by atoms with Gasteiger partial charge in [-0.25, -0.2) is 5.43 Å². The van der Waals surface area contributed by atoms with Crippen molar-refractivity contribution in [1.82, 2.24) is 5.43 Å². The van der Waals surface area contributed by atoms with Crippen LogP contribution in [0.3, 0.4) is 0 Å². The van der Waals surface area contributed by atoms with Gasteiger partial charge in [0.1, 0.15) is 5.75 Å². The number of carbonyl (C=O) groups is 1. The van der Waals surface area contributed by atoms with Crippen LogP contribution in [0.5, 0.6) is 5.75 Å². The highest BCUT2D eigenvalue weighted by atomic mass is 35.5. The third-order valence-corrected chi connectivity index (χ3v) is 3.17. The minimum absolute atomic E-state index is 0.146. The summed E-state index contributed by atoms with van der Waals surface area (Å²) in [6.07, 6.45) is 1.49. The number of amides is 1. The Labute approximate surface area is 139 Å². The Balaban J connectivity index is 1.82. The zero-order chi connectivity index (χ0) is 16.7. The molecule has 0 aliphatic rings. The van der Waals surface area contributed by atoms with Gasteiger partial charge >= 0.3 is 0 Å². The van der Waals surface area contributed by atoms with Gasteiger partial charge in [0.2, 0.25) is 0 Å². The highest BCUT2D eigenvalue weighted by Gasteiger charge is 2.04. The number of nitriles is 1. The molecule has 116 valence electrons. The lowest BCUT2D eigenvalue weighted by atomic mass is 10.2. The van der Waals surface area contributed by atoms with Crippen LogP contribution in [0.4, 0.5) is 0 Å². The quantitative estimate of drug-likeness (QED) is 0.677. The van der Waals surface area contributed by atoms with Gasteiger partial charge in [0.05, 0.1) is 17.8 Å². The Morgan fingerprint density at radius 2 is 2.09 bits per heavy atom. The first-order chi connectivity index (χ1) is 11.1. The van der Waals surface area contributed by atoms with Crippen molar-refractivity contribution in [2.75, 3.05) is 6.61 Å². The lowest BCUT2D eigenvalue weighted by Crippen LogP contribution is -2.24. The van der Waals surface area contributed by atoms with Crippen LogP contribution in [0, 0.1) is 18.3 Å². The Hall–Kier alpha value is -2.84. The minimum atomic E-state index is -0.371. The summed E-state index contributed by atoms with van der Waals surface area (Å²) in [6, 6.07) is 14.0. The second-order valence-corrected chi connectivity index (χ2v) is 5.16. The molecule has 1 amide bonds. The third kappa shape index (κ3) is 5.13. The van der Waals surface area contributed by atoms with Crippen molar-refractivity contribution in [3.8, 4) is 11.8 Å². The molecule has 0 fully saturated rings. The molecule has 0 unspecified atom stereocenters. The maximum atomic E-state index is 11.7. The zero-order valence-corrected chi connectivity index (χ0v) is 13.2. The molecule has 0 aliphatic heterocycles.